The van der Waals surface area contributed by atoms with Gasteiger partial charge in [0.25, 0.3) is 5.85 Å². The van der Waals surface area contributed by atoms with E-state index < -0.39 is 50.2 Å². The second kappa shape index (κ2) is 11.6. The number of hydrogen-bond acceptors (Lipinski definition) is 11. The largest absolute Gasteiger partial charge is 0.465 e. The van der Waals surface area contributed by atoms with Gasteiger partial charge in [0.1, 0.15) is 24.2 Å². The van der Waals surface area contributed by atoms with Crippen LogP contribution in [0.4, 0.5) is 14.6 Å². The Morgan fingerprint density at radius 1 is 1.29 bits per heavy atom. The van der Waals surface area contributed by atoms with E-state index in [9.17, 15) is 14.5 Å². The van der Waals surface area contributed by atoms with Crippen molar-refractivity contribution in [2.45, 2.75) is 57.6 Å². The number of fused-ring (bicyclic) bond motifs is 1. The maximum absolute atomic E-state index is 16.2. The zero-order valence-electron chi connectivity index (χ0n) is 23.4. The van der Waals surface area contributed by atoms with Crippen molar-refractivity contribution in [3.63, 3.8) is 0 Å². The van der Waals surface area contributed by atoms with Gasteiger partial charge in [0, 0.05) is 14.1 Å². The summed E-state index contributed by atoms with van der Waals surface area (Å²) in [7, 11) is -1.05. The zero-order valence-corrected chi connectivity index (χ0v) is 24.3. The number of aliphatic hydroxyl groups excluding tert-OH is 1. The second-order valence-electron chi connectivity index (χ2n) is 9.90. The fourth-order valence-corrected chi connectivity index (χ4v) is 5.80. The molecule has 4 rings (SSSR count). The third-order valence-corrected chi connectivity index (χ3v) is 7.94. The topological polar surface area (TPSA) is 150 Å². The predicted octanol–water partition coefficient (Wildman–Crippen LogP) is 3.23. The number of ether oxygens (including phenoxy) is 2. The van der Waals surface area contributed by atoms with Gasteiger partial charge in [-0.1, -0.05) is 18.2 Å². The molecule has 1 unspecified atom stereocenters. The minimum atomic E-state index is -4.53. The molecule has 0 bridgehead atoms. The van der Waals surface area contributed by atoms with Gasteiger partial charge in [0.15, 0.2) is 35.0 Å². The molecule has 16 heteroatoms. The van der Waals surface area contributed by atoms with E-state index in [0.29, 0.717) is 17.2 Å². The van der Waals surface area contributed by atoms with Crippen LogP contribution in [0, 0.1) is 6.92 Å². The fourth-order valence-electron chi connectivity index (χ4n) is 4.29. The molecule has 1 aliphatic rings. The number of carbonyl (C=O) groups excluding carboxylic acids is 1. The molecule has 2 N–H and O–H groups in total. The van der Waals surface area contributed by atoms with Crippen LogP contribution in [0.1, 0.15) is 32.8 Å². The van der Waals surface area contributed by atoms with Crippen LogP contribution in [0.3, 0.4) is 0 Å². The third-order valence-electron chi connectivity index (χ3n) is 6.32. The van der Waals surface area contributed by atoms with E-state index in [-0.39, 0.29) is 18.0 Å². The Bertz CT molecular complexity index is 1440. The van der Waals surface area contributed by atoms with Gasteiger partial charge >= 0.3 is 13.7 Å². The maximum Gasteiger partial charge on any atom is 0.459 e. The van der Waals surface area contributed by atoms with E-state index in [1.54, 1.807) is 51.0 Å². The van der Waals surface area contributed by atoms with Crippen molar-refractivity contribution in [2.24, 2.45) is 0 Å². The summed E-state index contributed by atoms with van der Waals surface area (Å²) in [5, 5.41) is 13.2. The summed E-state index contributed by atoms with van der Waals surface area (Å²) in [4.78, 5) is 26.8. The predicted molar refractivity (Wildman–Crippen MR) is 144 cm³/mol. The SMILES string of the molecule is CCOC(=O)[C@H](C)NP(=O)(OC[C@@]1(F)O[C@@H](n2cnc3c(N(C)C)nc(C)nc32)[C@](C)(F)[C@@H]1O)Oc1ccccc1. The molecule has 0 radical (unpaired) electrons. The van der Waals surface area contributed by atoms with E-state index in [2.05, 4.69) is 20.0 Å². The van der Waals surface area contributed by atoms with Crippen LogP contribution in [0.15, 0.2) is 36.7 Å². The van der Waals surface area contributed by atoms with Crippen molar-refractivity contribution in [1.29, 1.82) is 0 Å². The van der Waals surface area contributed by atoms with Gasteiger partial charge < -0.3 is 24.0 Å². The van der Waals surface area contributed by atoms with Crippen molar-refractivity contribution < 1.29 is 41.8 Å². The van der Waals surface area contributed by atoms with Crippen LogP contribution >= 0.6 is 7.75 Å². The molecule has 13 nitrogen and oxygen atoms in total. The van der Waals surface area contributed by atoms with E-state index in [1.807, 2.05) is 0 Å². The van der Waals surface area contributed by atoms with Crippen molar-refractivity contribution in [3.8, 4) is 5.75 Å². The molecule has 1 fully saturated rings. The third kappa shape index (κ3) is 6.19. The minimum absolute atomic E-state index is 0.0586. The quantitative estimate of drug-likeness (QED) is 0.246. The number of aryl methyl sites for hydroxylation is 1. The van der Waals surface area contributed by atoms with E-state index >= 15 is 8.78 Å². The molecular weight excluding hydrogens is 565 g/mol. The van der Waals surface area contributed by atoms with Gasteiger partial charge in [-0.3, -0.25) is 13.9 Å². The number of halogens is 2. The second-order valence-corrected chi connectivity index (χ2v) is 11.6. The van der Waals surface area contributed by atoms with Gasteiger partial charge in [-0.2, -0.15) is 5.09 Å². The van der Waals surface area contributed by atoms with E-state index in [1.165, 1.54) is 25.4 Å². The normalized spacial score (nSPS) is 26.5. The lowest BCUT2D eigenvalue weighted by Gasteiger charge is -2.28. The molecule has 0 spiro atoms. The summed E-state index contributed by atoms with van der Waals surface area (Å²) in [6, 6.07) is 6.60. The standard InChI is InChI=1S/C25H33F2N6O7P/c1-7-37-21(34)15(2)31-41(36,40-17-11-9-8-10-12-17)38-13-25(27)22(35)24(4,26)23(39-25)33-14-28-18-19(32(5)6)29-16(3)30-20(18)33/h8-12,14-15,22-23,35H,7,13H2,1-6H3,(H,31,36)/t15-,22-,23+,24+,25+,41?/m0/s1. The van der Waals surface area contributed by atoms with Gasteiger partial charge in [-0.15, -0.1) is 0 Å². The fraction of sp³-hybridized carbons (Fsp3) is 0.520. The molecule has 6 atom stereocenters. The molecule has 1 aliphatic heterocycles. The number of carbonyl (C=O) groups is 1. The highest BCUT2D eigenvalue weighted by Gasteiger charge is 2.65. The Morgan fingerprint density at radius 3 is 2.61 bits per heavy atom. The van der Waals surface area contributed by atoms with Crippen molar-refractivity contribution >= 4 is 30.7 Å². The van der Waals surface area contributed by atoms with Crippen LogP contribution in [0.5, 0.6) is 5.75 Å². The number of anilines is 1. The zero-order chi connectivity index (χ0) is 30.2. The number of aromatic nitrogens is 4. The van der Waals surface area contributed by atoms with Crippen LogP contribution in [0.25, 0.3) is 11.2 Å². The number of nitrogens with zero attached hydrogens (tertiary/aromatic N) is 5. The molecule has 3 heterocycles. The lowest BCUT2D eigenvalue weighted by molar-refractivity contribution is -0.202. The van der Waals surface area contributed by atoms with Crippen LogP contribution < -0.4 is 14.5 Å². The van der Waals surface area contributed by atoms with Crippen LogP contribution in [-0.2, 0) is 23.4 Å². The first kappa shape index (κ1) is 30.7. The number of hydrogen-bond donors (Lipinski definition) is 2. The number of alkyl halides is 2. The average Bonchev–Trinajstić information content (AvgIpc) is 3.40. The van der Waals surface area contributed by atoms with Crippen molar-refractivity contribution in [1.82, 2.24) is 24.6 Å². The number of nitrogens with one attached hydrogen (secondary N) is 1. The minimum Gasteiger partial charge on any atom is -0.465 e. The number of esters is 1. The highest BCUT2D eigenvalue weighted by Crippen LogP contribution is 2.52. The molecular formula is C25H33F2N6O7P. The Labute approximate surface area is 235 Å². The molecule has 0 amide bonds. The summed E-state index contributed by atoms with van der Waals surface area (Å²) in [5.74, 6) is -3.11. The van der Waals surface area contributed by atoms with Crippen LogP contribution in [0.2, 0.25) is 0 Å². The molecule has 1 saturated heterocycles. The Morgan fingerprint density at radius 2 is 1.98 bits per heavy atom. The first-order valence-electron chi connectivity index (χ1n) is 12.8. The summed E-state index contributed by atoms with van der Waals surface area (Å²) in [6.07, 6.45) is -2.94. The monoisotopic (exact) mass is 598 g/mol. The molecule has 224 valence electrons. The molecule has 3 aromatic rings. The first-order valence-corrected chi connectivity index (χ1v) is 14.3. The summed E-state index contributed by atoms with van der Waals surface area (Å²) in [6.45, 7) is 4.35. The van der Waals surface area contributed by atoms with Gasteiger partial charge in [-0.25, -0.2) is 28.3 Å². The van der Waals surface area contributed by atoms with Gasteiger partial charge in [0.05, 0.1) is 12.9 Å². The van der Waals surface area contributed by atoms with Crippen molar-refractivity contribution in [2.75, 3.05) is 32.2 Å². The molecule has 41 heavy (non-hydrogen) atoms. The summed E-state index contributed by atoms with van der Waals surface area (Å²) in [5.41, 5.74) is -2.27. The highest BCUT2D eigenvalue weighted by atomic mass is 31.2. The maximum atomic E-state index is 16.2. The Hall–Kier alpha value is -3.23. The number of rotatable bonds is 11. The average molecular weight is 599 g/mol. The Balaban J connectivity index is 1.63. The molecule has 0 aliphatic carbocycles. The summed E-state index contributed by atoms with van der Waals surface area (Å²) < 4.78 is 68.3. The lowest BCUT2D eigenvalue weighted by atomic mass is 9.97. The summed E-state index contributed by atoms with van der Waals surface area (Å²) >= 11 is 0. The Kier molecular flexibility index (Phi) is 8.67. The highest BCUT2D eigenvalue weighted by molar-refractivity contribution is 7.52. The molecule has 1 aromatic carbocycles. The van der Waals surface area contributed by atoms with Crippen LogP contribution in [-0.4, -0.2) is 81.6 Å². The number of aliphatic hydroxyl groups is 1. The van der Waals surface area contributed by atoms with Crippen molar-refractivity contribution in [3.05, 3.63) is 42.5 Å². The number of imidazole rings is 1. The molecule has 2 aromatic heterocycles. The van der Waals surface area contributed by atoms with E-state index in [0.717, 1.165) is 11.5 Å². The smallest absolute Gasteiger partial charge is 0.459 e. The molecule has 0 saturated carbocycles. The first-order chi connectivity index (χ1) is 19.2. The lowest BCUT2D eigenvalue weighted by Crippen LogP contribution is -2.47. The van der Waals surface area contributed by atoms with Gasteiger partial charge in [0.2, 0.25) is 0 Å². The van der Waals surface area contributed by atoms with Gasteiger partial charge in [-0.05, 0) is 39.8 Å². The van der Waals surface area contributed by atoms with E-state index in [4.69, 9.17) is 18.5 Å². The number of benzene rings is 1. The number of para-hydroxylation sites is 1.